The minimum atomic E-state index is -0.380. The summed E-state index contributed by atoms with van der Waals surface area (Å²) >= 11 is 0. The summed E-state index contributed by atoms with van der Waals surface area (Å²) in [6.45, 7) is 3.34. The molecule has 0 aromatic carbocycles. The van der Waals surface area contributed by atoms with Gasteiger partial charge in [-0.05, 0) is 0 Å². The molecule has 0 aromatic heterocycles. The maximum atomic E-state index is 10.4. The van der Waals surface area contributed by atoms with Crippen molar-refractivity contribution in [3.05, 3.63) is 12.8 Å². The SMILES string of the molecule is C=COC1CCC(=O)O1. The van der Waals surface area contributed by atoms with Gasteiger partial charge >= 0.3 is 5.97 Å². The molecule has 3 nitrogen and oxygen atoms in total. The first-order valence-corrected chi connectivity index (χ1v) is 2.79. The molecule has 9 heavy (non-hydrogen) atoms. The van der Waals surface area contributed by atoms with E-state index in [0.717, 1.165) is 0 Å². The quantitative estimate of drug-likeness (QED) is 0.407. The fourth-order valence-corrected chi connectivity index (χ4v) is 0.703. The third-order valence-corrected chi connectivity index (χ3v) is 1.10. The van der Waals surface area contributed by atoms with Gasteiger partial charge in [0.25, 0.3) is 0 Å². The average molecular weight is 128 g/mol. The number of cyclic esters (lactones) is 1. The standard InChI is InChI=1S/C6H8O3/c1-2-8-6-4-3-5(7)9-6/h2,6H,1,3-4H2. The Labute approximate surface area is 53.3 Å². The van der Waals surface area contributed by atoms with Crippen LogP contribution in [0.4, 0.5) is 0 Å². The molecule has 0 aliphatic carbocycles. The first-order chi connectivity index (χ1) is 4.33. The molecule has 0 bridgehead atoms. The van der Waals surface area contributed by atoms with Gasteiger partial charge in [-0.25, -0.2) is 0 Å². The molecule has 0 radical (unpaired) electrons. The lowest BCUT2D eigenvalue weighted by atomic mass is 10.4. The summed E-state index contributed by atoms with van der Waals surface area (Å²) in [4.78, 5) is 10.4. The molecule has 1 saturated heterocycles. The minimum absolute atomic E-state index is 0.193. The third-order valence-electron chi connectivity index (χ3n) is 1.10. The molecule has 1 atom stereocenters. The van der Waals surface area contributed by atoms with E-state index in [9.17, 15) is 4.79 Å². The molecule has 0 N–H and O–H groups in total. The van der Waals surface area contributed by atoms with Gasteiger partial charge in [0.1, 0.15) is 0 Å². The van der Waals surface area contributed by atoms with Crippen LogP contribution >= 0.6 is 0 Å². The molecule has 50 valence electrons. The van der Waals surface area contributed by atoms with Crippen LogP contribution in [0.25, 0.3) is 0 Å². The van der Waals surface area contributed by atoms with Crippen LogP contribution in [0.5, 0.6) is 0 Å². The molecule has 1 rings (SSSR count). The monoisotopic (exact) mass is 128 g/mol. The zero-order valence-corrected chi connectivity index (χ0v) is 5.00. The molecule has 1 unspecified atom stereocenters. The Morgan fingerprint density at radius 2 is 2.67 bits per heavy atom. The molecule has 1 fully saturated rings. The van der Waals surface area contributed by atoms with E-state index in [4.69, 9.17) is 4.74 Å². The summed E-state index contributed by atoms with van der Waals surface area (Å²) in [7, 11) is 0. The molecule has 0 saturated carbocycles. The van der Waals surface area contributed by atoms with E-state index in [1.807, 2.05) is 0 Å². The van der Waals surface area contributed by atoms with Crippen molar-refractivity contribution in [2.24, 2.45) is 0 Å². The second-order valence-electron chi connectivity index (χ2n) is 1.76. The summed E-state index contributed by atoms with van der Waals surface area (Å²) in [6, 6.07) is 0. The number of carbonyl (C=O) groups excluding carboxylic acids is 1. The van der Waals surface area contributed by atoms with E-state index < -0.39 is 0 Å². The van der Waals surface area contributed by atoms with Crippen LogP contribution in [-0.4, -0.2) is 12.3 Å². The molecular formula is C6H8O3. The van der Waals surface area contributed by atoms with Crippen LogP contribution in [0.15, 0.2) is 12.8 Å². The molecule has 0 spiro atoms. The van der Waals surface area contributed by atoms with Gasteiger partial charge < -0.3 is 9.47 Å². The number of carbonyl (C=O) groups is 1. The first kappa shape index (κ1) is 6.13. The summed E-state index contributed by atoms with van der Waals surface area (Å²) in [5.41, 5.74) is 0. The van der Waals surface area contributed by atoms with Crippen molar-refractivity contribution in [3.8, 4) is 0 Å². The van der Waals surface area contributed by atoms with E-state index in [1.54, 1.807) is 0 Å². The van der Waals surface area contributed by atoms with Gasteiger partial charge in [0.05, 0.1) is 12.7 Å². The number of esters is 1. The van der Waals surface area contributed by atoms with Crippen LogP contribution in [0.3, 0.4) is 0 Å². The molecular weight excluding hydrogens is 120 g/mol. The number of hydrogen-bond donors (Lipinski definition) is 0. The van der Waals surface area contributed by atoms with Gasteiger partial charge in [0, 0.05) is 6.42 Å². The van der Waals surface area contributed by atoms with Crippen LogP contribution in [0.2, 0.25) is 0 Å². The fourth-order valence-electron chi connectivity index (χ4n) is 0.703. The van der Waals surface area contributed by atoms with Crippen molar-refractivity contribution >= 4 is 5.97 Å². The lowest BCUT2D eigenvalue weighted by Crippen LogP contribution is -2.07. The number of rotatable bonds is 2. The molecule has 1 aliphatic heterocycles. The number of hydrogen-bond acceptors (Lipinski definition) is 3. The Kier molecular flexibility index (Phi) is 1.72. The lowest BCUT2D eigenvalue weighted by Gasteiger charge is -2.05. The molecule has 1 aliphatic rings. The predicted octanol–water partition coefficient (Wildman–Crippen LogP) is 0.810. The highest BCUT2D eigenvalue weighted by Gasteiger charge is 2.22. The fraction of sp³-hybridized carbons (Fsp3) is 0.500. The minimum Gasteiger partial charge on any atom is -0.463 e. The van der Waals surface area contributed by atoms with Gasteiger partial charge in [-0.1, -0.05) is 6.58 Å². The van der Waals surface area contributed by atoms with Crippen LogP contribution in [-0.2, 0) is 14.3 Å². The summed E-state index contributed by atoms with van der Waals surface area (Å²) in [5.74, 6) is -0.193. The Morgan fingerprint density at radius 3 is 3.11 bits per heavy atom. The Bertz CT molecular complexity index is 130. The van der Waals surface area contributed by atoms with E-state index in [-0.39, 0.29) is 12.3 Å². The van der Waals surface area contributed by atoms with E-state index >= 15 is 0 Å². The number of ether oxygens (including phenoxy) is 2. The Hall–Kier alpha value is -0.990. The highest BCUT2D eigenvalue weighted by atomic mass is 16.7. The Balaban J connectivity index is 2.29. The van der Waals surface area contributed by atoms with Crippen LogP contribution < -0.4 is 0 Å². The van der Waals surface area contributed by atoms with Gasteiger partial charge in [-0.15, -0.1) is 0 Å². The van der Waals surface area contributed by atoms with Crippen LogP contribution in [0, 0.1) is 0 Å². The summed E-state index contributed by atoms with van der Waals surface area (Å²) in [5, 5.41) is 0. The van der Waals surface area contributed by atoms with Gasteiger partial charge in [-0.2, -0.15) is 0 Å². The second kappa shape index (κ2) is 2.53. The van der Waals surface area contributed by atoms with Crippen molar-refractivity contribution in [1.29, 1.82) is 0 Å². The molecule has 3 heteroatoms. The van der Waals surface area contributed by atoms with E-state index in [1.165, 1.54) is 6.26 Å². The van der Waals surface area contributed by atoms with Crippen molar-refractivity contribution in [1.82, 2.24) is 0 Å². The van der Waals surface area contributed by atoms with Crippen molar-refractivity contribution < 1.29 is 14.3 Å². The zero-order chi connectivity index (χ0) is 6.69. The zero-order valence-electron chi connectivity index (χ0n) is 5.00. The van der Waals surface area contributed by atoms with Gasteiger partial charge in [0.15, 0.2) is 0 Å². The maximum Gasteiger partial charge on any atom is 0.309 e. The van der Waals surface area contributed by atoms with E-state index in [0.29, 0.717) is 12.8 Å². The van der Waals surface area contributed by atoms with E-state index in [2.05, 4.69) is 11.3 Å². The second-order valence-corrected chi connectivity index (χ2v) is 1.76. The average Bonchev–Trinajstić information content (AvgIpc) is 2.17. The van der Waals surface area contributed by atoms with Crippen molar-refractivity contribution in [3.63, 3.8) is 0 Å². The highest BCUT2D eigenvalue weighted by molar-refractivity contribution is 5.71. The first-order valence-electron chi connectivity index (χ1n) is 2.79. The normalized spacial score (nSPS) is 25.3. The smallest absolute Gasteiger partial charge is 0.309 e. The van der Waals surface area contributed by atoms with Crippen LogP contribution in [0.1, 0.15) is 12.8 Å². The lowest BCUT2D eigenvalue weighted by molar-refractivity contribution is -0.154. The maximum absolute atomic E-state index is 10.4. The molecule has 1 heterocycles. The van der Waals surface area contributed by atoms with Gasteiger partial charge in [0.2, 0.25) is 6.29 Å². The molecule has 0 amide bonds. The largest absolute Gasteiger partial charge is 0.463 e. The topological polar surface area (TPSA) is 35.5 Å². The predicted molar refractivity (Wildman–Crippen MR) is 30.4 cm³/mol. The van der Waals surface area contributed by atoms with Crippen molar-refractivity contribution in [2.45, 2.75) is 19.1 Å². The molecule has 0 aromatic rings. The van der Waals surface area contributed by atoms with Gasteiger partial charge in [-0.3, -0.25) is 4.79 Å². The summed E-state index contributed by atoms with van der Waals surface area (Å²) < 4.78 is 9.46. The third kappa shape index (κ3) is 1.45. The highest BCUT2D eigenvalue weighted by Crippen LogP contribution is 2.14. The Morgan fingerprint density at radius 1 is 1.89 bits per heavy atom. The van der Waals surface area contributed by atoms with Crippen molar-refractivity contribution in [2.75, 3.05) is 0 Å². The summed E-state index contributed by atoms with van der Waals surface area (Å²) in [6.07, 6.45) is 2.00.